The topological polar surface area (TPSA) is 81.8 Å². The summed E-state index contributed by atoms with van der Waals surface area (Å²) in [5.74, 6) is -0.730. The Hall–Kier alpha value is -1.46. The maximum Gasteiger partial charge on any atom is 0.327 e. The van der Waals surface area contributed by atoms with Crippen LogP contribution in [0.3, 0.4) is 0 Å². The van der Waals surface area contributed by atoms with Crippen LogP contribution in [-0.2, 0) is 9.53 Å². The normalized spacial score (nSPS) is 12.0. The molecule has 3 N–H and O–H groups in total. The number of halogens is 1. The lowest BCUT2D eigenvalue weighted by Crippen LogP contribution is -2.22. The van der Waals surface area contributed by atoms with E-state index in [1.165, 1.54) is 26.4 Å². The molecule has 0 saturated carbocycles. The van der Waals surface area contributed by atoms with Crippen molar-refractivity contribution in [2.45, 2.75) is 6.04 Å². The Bertz CT molecular complexity index is 408. The molecule has 1 rings (SSSR count). The molecule has 0 aliphatic heterocycles. The Kier molecular flexibility index (Phi) is 3.98. The van der Waals surface area contributed by atoms with Gasteiger partial charge in [0, 0.05) is 16.7 Å². The fourth-order valence-corrected chi connectivity index (χ4v) is 1.46. The van der Waals surface area contributed by atoms with Crippen molar-refractivity contribution < 1.29 is 19.4 Å². The number of hydrogen-bond acceptors (Lipinski definition) is 5. The number of benzene rings is 1. The van der Waals surface area contributed by atoms with Gasteiger partial charge in [-0.05, 0) is 6.07 Å². The van der Waals surface area contributed by atoms with Crippen molar-refractivity contribution in [2.75, 3.05) is 14.2 Å². The fraction of sp³-hybridized carbons (Fsp3) is 0.300. The van der Waals surface area contributed by atoms with E-state index in [2.05, 4.69) is 4.74 Å². The minimum atomic E-state index is -1.10. The number of carbonyl (C=O) groups excluding carboxylic acids is 1. The van der Waals surface area contributed by atoms with E-state index in [1.807, 2.05) is 0 Å². The molecule has 0 aliphatic carbocycles. The average Bonchev–Trinajstić information content (AvgIpc) is 2.29. The molecule has 0 fully saturated rings. The second-order valence-electron chi connectivity index (χ2n) is 3.05. The van der Waals surface area contributed by atoms with Crippen molar-refractivity contribution in [1.82, 2.24) is 0 Å². The highest BCUT2D eigenvalue weighted by Gasteiger charge is 2.22. The third-order valence-electron chi connectivity index (χ3n) is 2.08. The van der Waals surface area contributed by atoms with Crippen LogP contribution in [0.25, 0.3) is 0 Å². The van der Waals surface area contributed by atoms with Crippen molar-refractivity contribution in [3.63, 3.8) is 0 Å². The summed E-state index contributed by atoms with van der Waals surface area (Å²) >= 11 is 5.79. The van der Waals surface area contributed by atoms with Crippen LogP contribution in [0.4, 0.5) is 0 Å². The first-order valence-corrected chi connectivity index (χ1v) is 4.78. The number of ether oxygens (including phenoxy) is 2. The van der Waals surface area contributed by atoms with Gasteiger partial charge in [0.2, 0.25) is 0 Å². The zero-order valence-corrected chi connectivity index (χ0v) is 9.62. The maximum atomic E-state index is 11.2. The van der Waals surface area contributed by atoms with Gasteiger partial charge in [-0.3, -0.25) is 4.79 Å². The summed E-state index contributed by atoms with van der Waals surface area (Å²) in [4.78, 5) is 11.2. The summed E-state index contributed by atoms with van der Waals surface area (Å²) in [7, 11) is 2.58. The molecule has 0 heterocycles. The Morgan fingerprint density at radius 3 is 2.62 bits per heavy atom. The number of phenols is 1. The van der Waals surface area contributed by atoms with Gasteiger partial charge in [0.1, 0.15) is 6.04 Å². The number of aromatic hydroxyl groups is 1. The summed E-state index contributed by atoms with van der Waals surface area (Å²) in [5, 5.41) is 10.1. The molecule has 16 heavy (non-hydrogen) atoms. The predicted octanol–water partition coefficient (Wildman–Crippen LogP) is 1.23. The summed E-state index contributed by atoms with van der Waals surface area (Å²) in [6.07, 6.45) is 0. The minimum absolute atomic E-state index is 0.154. The minimum Gasteiger partial charge on any atom is -0.504 e. The third kappa shape index (κ3) is 2.37. The Labute approximate surface area is 97.7 Å². The molecule has 0 bridgehead atoms. The van der Waals surface area contributed by atoms with Crippen LogP contribution in [0, 0.1) is 0 Å². The quantitative estimate of drug-likeness (QED) is 0.783. The van der Waals surface area contributed by atoms with E-state index in [0.29, 0.717) is 5.02 Å². The molecule has 5 nitrogen and oxygen atoms in total. The number of carbonyl (C=O) groups is 1. The van der Waals surface area contributed by atoms with Crippen LogP contribution < -0.4 is 10.5 Å². The number of esters is 1. The fourth-order valence-electron chi connectivity index (χ4n) is 1.24. The Balaban J connectivity index is 3.22. The van der Waals surface area contributed by atoms with Gasteiger partial charge in [0.15, 0.2) is 11.5 Å². The number of hydrogen-bond donors (Lipinski definition) is 2. The van der Waals surface area contributed by atoms with E-state index in [-0.39, 0.29) is 17.1 Å². The van der Waals surface area contributed by atoms with Gasteiger partial charge in [-0.1, -0.05) is 11.6 Å². The van der Waals surface area contributed by atoms with Gasteiger partial charge in [-0.25, -0.2) is 0 Å². The predicted molar refractivity (Wildman–Crippen MR) is 58.6 cm³/mol. The molecule has 0 amide bonds. The average molecular weight is 246 g/mol. The molecule has 1 aromatic rings. The van der Waals surface area contributed by atoms with E-state index in [1.54, 1.807) is 0 Å². The highest BCUT2D eigenvalue weighted by molar-refractivity contribution is 6.30. The molecule has 0 saturated heterocycles. The van der Waals surface area contributed by atoms with Crippen molar-refractivity contribution in [2.24, 2.45) is 5.73 Å². The number of methoxy groups -OCH3 is 2. The van der Waals surface area contributed by atoms with Crippen molar-refractivity contribution in [1.29, 1.82) is 0 Å². The zero-order valence-electron chi connectivity index (χ0n) is 8.86. The molecular weight excluding hydrogens is 234 g/mol. The number of phenolic OH excluding ortho intramolecular Hbond substituents is 1. The van der Waals surface area contributed by atoms with Gasteiger partial charge in [0.25, 0.3) is 0 Å². The number of rotatable bonds is 3. The summed E-state index contributed by atoms with van der Waals surface area (Å²) in [6, 6.07) is 1.71. The van der Waals surface area contributed by atoms with Gasteiger partial charge < -0.3 is 20.3 Å². The lowest BCUT2D eigenvalue weighted by atomic mass is 10.1. The summed E-state index contributed by atoms with van der Waals surface area (Å²) in [5.41, 5.74) is 5.76. The lowest BCUT2D eigenvalue weighted by molar-refractivity contribution is -0.142. The first kappa shape index (κ1) is 12.6. The van der Waals surface area contributed by atoms with Crippen molar-refractivity contribution in [3.05, 3.63) is 22.7 Å². The van der Waals surface area contributed by atoms with Gasteiger partial charge in [-0.15, -0.1) is 0 Å². The molecule has 0 aliphatic rings. The Morgan fingerprint density at radius 2 is 2.12 bits per heavy atom. The second-order valence-corrected chi connectivity index (χ2v) is 3.48. The van der Waals surface area contributed by atoms with E-state index in [9.17, 15) is 9.90 Å². The monoisotopic (exact) mass is 245 g/mol. The molecule has 0 aromatic heterocycles. The molecule has 6 heteroatoms. The maximum absolute atomic E-state index is 11.2. The van der Waals surface area contributed by atoms with E-state index in [4.69, 9.17) is 22.1 Å². The molecule has 0 radical (unpaired) electrons. The summed E-state index contributed by atoms with van der Waals surface area (Å²) in [6.45, 7) is 0. The van der Waals surface area contributed by atoms with Crippen molar-refractivity contribution >= 4 is 17.6 Å². The molecule has 0 spiro atoms. The zero-order chi connectivity index (χ0) is 12.3. The largest absolute Gasteiger partial charge is 0.504 e. The highest BCUT2D eigenvalue weighted by Crippen LogP contribution is 2.36. The van der Waals surface area contributed by atoms with Crippen LogP contribution in [0.2, 0.25) is 5.02 Å². The van der Waals surface area contributed by atoms with E-state index < -0.39 is 12.0 Å². The summed E-state index contributed by atoms with van der Waals surface area (Å²) < 4.78 is 9.36. The third-order valence-corrected chi connectivity index (χ3v) is 2.30. The number of nitrogens with two attached hydrogens (primary N) is 1. The standard InChI is InChI=1S/C10H12ClNO4/c1-15-7-4-5(11)3-6(9(7)13)8(12)10(14)16-2/h3-4,8,13H,12H2,1-2H3. The van der Waals surface area contributed by atoms with Crippen molar-refractivity contribution in [3.8, 4) is 11.5 Å². The van der Waals surface area contributed by atoms with Crippen LogP contribution >= 0.6 is 11.6 Å². The highest BCUT2D eigenvalue weighted by atomic mass is 35.5. The molecule has 1 aromatic carbocycles. The van der Waals surface area contributed by atoms with Gasteiger partial charge >= 0.3 is 5.97 Å². The van der Waals surface area contributed by atoms with Crippen LogP contribution in [0.5, 0.6) is 11.5 Å². The Morgan fingerprint density at radius 1 is 1.50 bits per heavy atom. The first-order chi connectivity index (χ1) is 7.51. The van der Waals surface area contributed by atoms with E-state index >= 15 is 0 Å². The van der Waals surface area contributed by atoms with E-state index in [0.717, 1.165) is 0 Å². The first-order valence-electron chi connectivity index (χ1n) is 4.41. The molecule has 1 unspecified atom stereocenters. The molecule has 88 valence electrons. The lowest BCUT2D eigenvalue weighted by Gasteiger charge is -2.14. The van der Waals surface area contributed by atoms with Crippen LogP contribution in [0.15, 0.2) is 12.1 Å². The van der Waals surface area contributed by atoms with Gasteiger partial charge in [0.05, 0.1) is 14.2 Å². The smallest absolute Gasteiger partial charge is 0.327 e. The SMILES string of the molecule is COC(=O)C(N)c1cc(Cl)cc(OC)c1O. The second kappa shape index (κ2) is 5.05. The van der Waals surface area contributed by atoms with Crippen LogP contribution in [-0.4, -0.2) is 25.3 Å². The van der Waals surface area contributed by atoms with Crippen LogP contribution in [0.1, 0.15) is 11.6 Å². The van der Waals surface area contributed by atoms with Gasteiger partial charge in [-0.2, -0.15) is 0 Å². The molecular formula is C10H12ClNO4. The molecule has 1 atom stereocenters.